The number of ether oxygens (including phenoxy) is 1. The molecule has 92 valence electrons. The highest BCUT2D eigenvalue weighted by atomic mass is 16.5. The smallest absolute Gasteiger partial charge is 0.346 e. The molecular formula is C11H21N3O2. The monoisotopic (exact) mass is 227 g/mol. The molecule has 0 spiro atoms. The molecule has 0 unspecified atom stereocenters. The normalized spacial score (nSPS) is 12.4. The Bertz CT molecular complexity index is 385. The molecule has 5 heteroatoms. The van der Waals surface area contributed by atoms with Gasteiger partial charge in [-0.2, -0.15) is 5.10 Å². The van der Waals surface area contributed by atoms with E-state index in [2.05, 4.69) is 5.10 Å². The summed E-state index contributed by atoms with van der Waals surface area (Å²) in [5.41, 5.74) is -0.360. The van der Waals surface area contributed by atoms with Gasteiger partial charge in [-0.1, -0.05) is 0 Å². The van der Waals surface area contributed by atoms with Crippen molar-refractivity contribution in [2.45, 2.75) is 52.8 Å². The zero-order valence-corrected chi connectivity index (χ0v) is 10.7. The van der Waals surface area contributed by atoms with Gasteiger partial charge in [-0.05, 0) is 34.6 Å². The Balaban J connectivity index is 2.70. The van der Waals surface area contributed by atoms with Crippen LogP contribution in [0.4, 0.5) is 0 Å². The highest BCUT2D eigenvalue weighted by Crippen LogP contribution is 2.07. The average molecular weight is 227 g/mol. The van der Waals surface area contributed by atoms with Crippen LogP contribution < -0.4 is 5.69 Å². The van der Waals surface area contributed by atoms with E-state index < -0.39 is 0 Å². The maximum Gasteiger partial charge on any atom is 0.346 e. The lowest BCUT2D eigenvalue weighted by atomic mass is 10.1. The molecule has 0 radical (unpaired) electrons. The van der Waals surface area contributed by atoms with Gasteiger partial charge in [-0.25, -0.2) is 9.48 Å². The molecular weight excluding hydrogens is 206 g/mol. The van der Waals surface area contributed by atoms with Crippen LogP contribution in [-0.2, 0) is 16.8 Å². The van der Waals surface area contributed by atoms with Crippen molar-refractivity contribution in [1.29, 1.82) is 0 Å². The summed E-state index contributed by atoms with van der Waals surface area (Å²) in [6.07, 6.45) is 1.76. The topological polar surface area (TPSA) is 49.0 Å². The summed E-state index contributed by atoms with van der Waals surface area (Å²) < 4.78 is 8.46. The Morgan fingerprint density at radius 1 is 1.44 bits per heavy atom. The molecule has 0 aliphatic heterocycles. The fourth-order valence-corrected chi connectivity index (χ4v) is 1.33. The quantitative estimate of drug-likeness (QED) is 0.777. The van der Waals surface area contributed by atoms with Crippen molar-refractivity contribution < 1.29 is 4.74 Å². The van der Waals surface area contributed by atoms with Gasteiger partial charge in [0, 0.05) is 0 Å². The molecule has 1 heterocycles. The summed E-state index contributed by atoms with van der Waals surface area (Å²) in [6.45, 7) is 10.9. The van der Waals surface area contributed by atoms with Gasteiger partial charge in [0.1, 0.15) is 6.33 Å². The number of rotatable bonds is 4. The number of hydrogen-bond donors (Lipinski definition) is 0. The van der Waals surface area contributed by atoms with Gasteiger partial charge in [0.15, 0.2) is 0 Å². The minimum Gasteiger partial charge on any atom is -0.377 e. The van der Waals surface area contributed by atoms with Crippen molar-refractivity contribution in [2.24, 2.45) is 0 Å². The SMILES string of the molecule is CC(C)OCCn1cnn(C(C)(C)C)c1=O. The van der Waals surface area contributed by atoms with E-state index in [-0.39, 0.29) is 17.3 Å². The fraction of sp³-hybridized carbons (Fsp3) is 0.818. The van der Waals surface area contributed by atoms with Gasteiger partial charge in [0.05, 0.1) is 24.8 Å². The van der Waals surface area contributed by atoms with Crippen LogP contribution in [0, 0.1) is 0 Å². The zero-order valence-electron chi connectivity index (χ0n) is 10.7. The molecule has 0 aliphatic carbocycles. The third-order valence-corrected chi connectivity index (χ3v) is 2.15. The average Bonchev–Trinajstić information content (AvgIpc) is 2.46. The van der Waals surface area contributed by atoms with Crippen LogP contribution in [0.2, 0.25) is 0 Å². The molecule has 5 nitrogen and oxygen atoms in total. The van der Waals surface area contributed by atoms with E-state index in [0.717, 1.165) is 0 Å². The Morgan fingerprint density at radius 3 is 2.50 bits per heavy atom. The molecule has 0 saturated heterocycles. The summed E-state index contributed by atoms with van der Waals surface area (Å²) >= 11 is 0. The van der Waals surface area contributed by atoms with Gasteiger partial charge in [0.2, 0.25) is 0 Å². The summed E-state index contributed by atoms with van der Waals surface area (Å²) in [4.78, 5) is 11.9. The Kier molecular flexibility index (Phi) is 3.91. The standard InChI is InChI=1S/C11H21N3O2/c1-9(2)16-7-6-13-8-12-14(10(13)15)11(3,4)5/h8-9H,6-7H2,1-5H3. The van der Waals surface area contributed by atoms with Crippen LogP contribution >= 0.6 is 0 Å². The van der Waals surface area contributed by atoms with Crippen LogP contribution in [0.3, 0.4) is 0 Å². The van der Waals surface area contributed by atoms with E-state index in [0.29, 0.717) is 13.2 Å². The predicted molar refractivity (Wildman–Crippen MR) is 62.6 cm³/mol. The van der Waals surface area contributed by atoms with Crippen LogP contribution in [0.25, 0.3) is 0 Å². The minimum absolute atomic E-state index is 0.0835. The second-order valence-corrected chi connectivity index (χ2v) is 5.11. The van der Waals surface area contributed by atoms with Crippen molar-refractivity contribution in [3.05, 3.63) is 16.8 Å². The first-order valence-corrected chi connectivity index (χ1v) is 5.59. The lowest BCUT2D eigenvalue weighted by Crippen LogP contribution is -2.36. The highest BCUT2D eigenvalue weighted by molar-refractivity contribution is 4.77. The third-order valence-electron chi connectivity index (χ3n) is 2.15. The van der Waals surface area contributed by atoms with Gasteiger partial charge in [-0.3, -0.25) is 4.57 Å². The van der Waals surface area contributed by atoms with Gasteiger partial charge in [-0.15, -0.1) is 0 Å². The van der Waals surface area contributed by atoms with Crippen molar-refractivity contribution in [2.75, 3.05) is 6.61 Å². The molecule has 0 atom stereocenters. The second kappa shape index (κ2) is 4.82. The van der Waals surface area contributed by atoms with Crippen molar-refractivity contribution in [1.82, 2.24) is 14.3 Å². The maximum absolute atomic E-state index is 11.9. The van der Waals surface area contributed by atoms with Crippen LogP contribution in [0.1, 0.15) is 34.6 Å². The van der Waals surface area contributed by atoms with E-state index >= 15 is 0 Å². The van der Waals surface area contributed by atoms with E-state index in [1.165, 1.54) is 4.68 Å². The van der Waals surface area contributed by atoms with Gasteiger partial charge >= 0.3 is 5.69 Å². The van der Waals surface area contributed by atoms with Crippen molar-refractivity contribution in [3.63, 3.8) is 0 Å². The van der Waals surface area contributed by atoms with Crippen molar-refractivity contribution in [3.8, 4) is 0 Å². The summed E-state index contributed by atoms with van der Waals surface area (Å²) in [5, 5.41) is 4.10. The molecule has 16 heavy (non-hydrogen) atoms. The van der Waals surface area contributed by atoms with E-state index in [1.807, 2.05) is 34.6 Å². The van der Waals surface area contributed by atoms with Crippen molar-refractivity contribution >= 4 is 0 Å². The summed E-state index contributed by atoms with van der Waals surface area (Å²) in [6, 6.07) is 0. The second-order valence-electron chi connectivity index (χ2n) is 5.11. The lowest BCUT2D eigenvalue weighted by Gasteiger charge is -2.16. The number of hydrogen-bond acceptors (Lipinski definition) is 3. The highest BCUT2D eigenvalue weighted by Gasteiger charge is 2.18. The van der Waals surface area contributed by atoms with E-state index in [4.69, 9.17) is 4.74 Å². The Morgan fingerprint density at radius 2 is 2.06 bits per heavy atom. The number of aromatic nitrogens is 3. The Labute approximate surface area is 96.0 Å². The third kappa shape index (κ3) is 3.20. The van der Waals surface area contributed by atoms with Crippen LogP contribution in [0.5, 0.6) is 0 Å². The molecule has 0 amide bonds. The molecule has 1 rings (SSSR count). The molecule has 1 aromatic heterocycles. The van der Waals surface area contributed by atoms with E-state index in [1.54, 1.807) is 10.9 Å². The molecule has 0 N–H and O–H groups in total. The van der Waals surface area contributed by atoms with Crippen LogP contribution in [-0.4, -0.2) is 27.1 Å². The zero-order chi connectivity index (χ0) is 12.3. The first kappa shape index (κ1) is 13.0. The van der Waals surface area contributed by atoms with E-state index in [9.17, 15) is 4.79 Å². The maximum atomic E-state index is 11.9. The largest absolute Gasteiger partial charge is 0.377 e. The molecule has 0 aliphatic rings. The fourth-order valence-electron chi connectivity index (χ4n) is 1.33. The Hall–Kier alpha value is -1.10. The summed E-state index contributed by atoms with van der Waals surface area (Å²) in [5.74, 6) is 0. The van der Waals surface area contributed by atoms with Crippen LogP contribution in [0.15, 0.2) is 11.1 Å². The lowest BCUT2D eigenvalue weighted by molar-refractivity contribution is 0.0720. The summed E-state index contributed by atoms with van der Waals surface area (Å²) in [7, 11) is 0. The first-order valence-electron chi connectivity index (χ1n) is 5.59. The first-order chi connectivity index (χ1) is 7.32. The molecule has 0 bridgehead atoms. The van der Waals surface area contributed by atoms with Gasteiger partial charge < -0.3 is 4.74 Å². The molecule has 0 fully saturated rings. The number of nitrogens with zero attached hydrogens (tertiary/aromatic N) is 3. The van der Waals surface area contributed by atoms with Gasteiger partial charge in [0.25, 0.3) is 0 Å². The minimum atomic E-state index is -0.277. The molecule has 1 aromatic rings. The predicted octanol–water partition coefficient (Wildman–Crippen LogP) is 1.22. The molecule has 0 saturated carbocycles. The molecule has 0 aromatic carbocycles.